The van der Waals surface area contributed by atoms with Crippen LogP contribution >= 0.6 is 28.3 Å². The average molecular weight is 431 g/mol. The zero-order valence-electron chi connectivity index (χ0n) is 13.1. The average Bonchev–Trinajstić information content (AvgIpc) is 2.47. The molecule has 1 aromatic carbocycles. The van der Waals surface area contributed by atoms with Crippen LogP contribution in [0.4, 0.5) is 13.2 Å². The molecule has 1 aromatic rings. The molecule has 4 nitrogen and oxygen atoms in total. The standard InChI is InChI=1S/C15H19BrF3N3O.ClH/c1-10-8-11(16)2-3-12(10)14(23)21-9-13(15(17,18)19)22-6-4-20-5-7-22;/h2-3,8,13,20H,4-7,9H2,1H3,(H,21,23);1H. The van der Waals surface area contributed by atoms with Crippen molar-refractivity contribution in [3.63, 3.8) is 0 Å². The number of hydrogen-bond donors (Lipinski definition) is 2. The van der Waals surface area contributed by atoms with E-state index in [-0.39, 0.29) is 12.4 Å². The van der Waals surface area contributed by atoms with Gasteiger partial charge in [-0.15, -0.1) is 12.4 Å². The van der Waals surface area contributed by atoms with Crippen molar-refractivity contribution in [2.75, 3.05) is 32.7 Å². The van der Waals surface area contributed by atoms with Gasteiger partial charge in [-0.05, 0) is 30.7 Å². The molecule has 136 valence electrons. The van der Waals surface area contributed by atoms with E-state index in [0.717, 1.165) is 4.47 Å². The molecule has 9 heteroatoms. The highest BCUT2D eigenvalue weighted by molar-refractivity contribution is 9.10. The summed E-state index contributed by atoms with van der Waals surface area (Å²) in [6, 6.07) is 3.39. The van der Waals surface area contributed by atoms with Crippen molar-refractivity contribution in [2.24, 2.45) is 0 Å². The molecule has 1 aliphatic rings. The number of halogens is 5. The lowest BCUT2D eigenvalue weighted by atomic mass is 10.1. The Morgan fingerprint density at radius 2 is 2.00 bits per heavy atom. The number of nitrogens with one attached hydrogen (secondary N) is 2. The van der Waals surface area contributed by atoms with E-state index in [0.29, 0.717) is 37.3 Å². The number of aryl methyl sites for hydroxylation is 1. The molecule has 0 bridgehead atoms. The lowest BCUT2D eigenvalue weighted by Crippen LogP contribution is -2.57. The number of rotatable bonds is 4. The fourth-order valence-corrected chi connectivity index (χ4v) is 3.09. The highest BCUT2D eigenvalue weighted by atomic mass is 79.9. The Labute approximate surface area is 153 Å². The first kappa shape index (κ1) is 21.2. The third kappa shape index (κ3) is 5.61. The van der Waals surface area contributed by atoms with Crippen LogP contribution < -0.4 is 10.6 Å². The van der Waals surface area contributed by atoms with Crippen LogP contribution in [-0.4, -0.2) is 55.7 Å². The van der Waals surface area contributed by atoms with Crippen LogP contribution in [0.2, 0.25) is 0 Å². The molecule has 1 fully saturated rings. The SMILES string of the molecule is Cc1cc(Br)ccc1C(=O)NCC(N1CCNCC1)C(F)(F)F.Cl. The van der Waals surface area contributed by atoms with Crippen molar-refractivity contribution in [2.45, 2.75) is 19.1 Å². The van der Waals surface area contributed by atoms with Gasteiger partial charge in [0.05, 0.1) is 0 Å². The number of nitrogens with zero attached hydrogens (tertiary/aromatic N) is 1. The second-order valence-corrected chi connectivity index (χ2v) is 6.43. The second kappa shape index (κ2) is 9.03. The van der Waals surface area contributed by atoms with Crippen LogP contribution in [0, 0.1) is 6.92 Å². The zero-order valence-corrected chi connectivity index (χ0v) is 15.5. The highest BCUT2D eigenvalue weighted by Gasteiger charge is 2.43. The van der Waals surface area contributed by atoms with Gasteiger partial charge in [0.25, 0.3) is 5.91 Å². The number of piperazine rings is 1. The van der Waals surface area contributed by atoms with Crippen molar-refractivity contribution >= 4 is 34.2 Å². The third-order valence-electron chi connectivity index (χ3n) is 3.86. The zero-order chi connectivity index (χ0) is 17.0. The van der Waals surface area contributed by atoms with Crippen molar-refractivity contribution < 1.29 is 18.0 Å². The van der Waals surface area contributed by atoms with Crippen molar-refractivity contribution in [1.82, 2.24) is 15.5 Å². The lowest BCUT2D eigenvalue weighted by molar-refractivity contribution is -0.183. The van der Waals surface area contributed by atoms with Crippen molar-refractivity contribution in [3.05, 3.63) is 33.8 Å². The molecule has 2 rings (SSSR count). The molecule has 1 aliphatic heterocycles. The Bertz CT molecular complexity index is 565. The highest BCUT2D eigenvalue weighted by Crippen LogP contribution is 2.25. The number of carbonyl (C=O) groups excluding carboxylic acids is 1. The van der Waals surface area contributed by atoms with E-state index in [1.54, 1.807) is 25.1 Å². The lowest BCUT2D eigenvalue weighted by Gasteiger charge is -2.35. The molecule has 1 atom stereocenters. The first-order valence-electron chi connectivity index (χ1n) is 7.35. The normalized spacial score (nSPS) is 17.0. The predicted molar refractivity (Wildman–Crippen MR) is 92.7 cm³/mol. The van der Waals surface area contributed by atoms with Gasteiger partial charge < -0.3 is 10.6 Å². The Morgan fingerprint density at radius 3 is 2.54 bits per heavy atom. The van der Waals surface area contributed by atoms with Gasteiger partial charge in [-0.3, -0.25) is 9.69 Å². The summed E-state index contributed by atoms with van der Waals surface area (Å²) in [6.07, 6.45) is -4.38. The van der Waals surface area contributed by atoms with Crippen molar-refractivity contribution in [1.29, 1.82) is 0 Å². The Balaban J connectivity index is 0.00000288. The van der Waals surface area contributed by atoms with Gasteiger partial charge in [-0.25, -0.2) is 0 Å². The molecule has 0 spiro atoms. The third-order valence-corrected chi connectivity index (χ3v) is 4.35. The summed E-state index contributed by atoms with van der Waals surface area (Å²) in [5.74, 6) is -0.487. The number of carbonyl (C=O) groups is 1. The van der Waals surface area contributed by atoms with Crippen LogP contribution in [0.3, 0.4) is 0 Å². The smallest absolute Gasteiger partial charge is 0.350 e. The maximum absolute atomic E-state index is 13.3. The molecule has 0 aromatic heterocycles. The summed E-state index contributed by atoms with van der Waals surface area (Å²) in [6.45, 7) is 2.97. The summed E-state index contributed by atoms with van der Waals surface area (Å²) in [5.41, 5.74) is 1.09. The number of amides is 1. The Morgan fingerprint density at radius 1 is 1.38 bits per heavy atom. The first-order valence-corrected chi connectivity index (χ1v) is 8.14. The van der Waals surface area contributed by atoms with Crippen LogP contribution in [0.15, 0.2) is 22.7 Å². The maximum Gasteiger partial charge on any atom is 0.405 e. The minimum atomic E-state index is -4.38. The van der Waals surface area contributed by atoms with E-state index >= 15 is 0 Å². The number of hydrogen-bond acceptors (Lipinski definition) is 3. The molecule has 0 radical (unpaired) electrons. The van der Waals surface area contributed by atoms with Crippen LogP contribution in [0.5, 0.6) is 0 Å². The van der Waals surface area contributed by atoms with Gasteiger partial charge in [0.1, 0.15) is 6.04 Å². The van der Waals surface area contributed by atoms with Gasteiger partial charge in [-0.2, -0.15) is 13.2 Å². The summed E-state index contributed by atoms with van der Waals surface area (Å²) in [7, 11) is 0. The van der Waals surface area contributed by atoms with Gasteiger partial charge >= 0.3 is 6.18 Å². The van der Waals surface area contributed by atoms with E-state index in [2.05, 4.69) is 26.6 Å². The fourth-order valence-electron chi connectivity index (χ4n) is 2.61. The van der Waals surface area contributed by atoms with E-state index in [4.69, 9.17) is 0 Å². The van der Waals surface area contributed by atoms with Gasteiger partial charge in [0, 0.05) is 42.8 Å². The molecule has 0 saturated carbocycles. The largest absolute Gasteiger partial charge is 0.405 e. The van der Waals surface area contributed by atoms with Gasteiger partial charge in [0.2, 0.25) is 0 Å². The van der Waals surface area contributed by atoms with E-state index in [1.807, 2.05) is 0 Å². The Hall–Kier alpha value is -0.830. The van der Waals surface area contributed by atoms with E-state index < -0.39 is 24.7 Å². The quantitative estimate of drug-likeness (QED) is 0.772. The van der Waals surface area contributed by atoms with Crippen LogP contribution in [0.1, 0.15) is 15.9 Å². The first-order chi connectivity index (χ1) is 10.8. The van der Waals surface area contributed by atoms with E-state index in [1.165, 1.54) is 4.90 Å². The molecule has 1 amide bonds. The summed E-state index contributed by atoms with van der Waals surface area (Å²) in [4.78, 5) is 13.5. The molecule has 1 heterocycles. The molecule has 24 heavy (non-hydrogen) atoms. The topological polar surface area (TPSA) is 44.4 Å². The number of alkyl halides is 3. The minimum absolute atomic E-state index is 0. The second-order valence-electron chi connectivity index (χ2n) is 5.51. The molecular formula is C15H20BrClF3N3O. The minimum Gasteiger partial charge on any atom is -0.350 e. The van der Waals surface area contributed by atoms with Crippen molar-refractivity contribution in [3.8, 4) is 0 Å². The van der Waals surface area contributed by atoms with E-state index in [9.17, 15) is 18.0 Å². The fraction of sp³-hybridized carbons (Fsp3) is 0.533. The van der Waals surface area contributed by atoms with Gasteiger partial charge in [-0.1, -0.05) is 15.9 Å². The number of benzene rings is 1. The summed E-state index contributed by atoms with van der Waals surface area (Å²) in [5, 5.41) is 5.45. The molecule has 1 saturated heterocycles. The monoisotopic (exact) mass is 429 g/mol. The molecular weight excluding hydrogens is 411 g/mol. The van der Waals surface area contributed by atoms with Crippen LogP contribution in [0.25, 0.3) is 0 Å². The summed E-state index contributed by atoms with van der Waals surface area (Å²) >= 11 is 3.29. The molecule has 0 aliphatic carbocycles. The summed E-state index contributed by atoms with van der Waals surface area (Å²) < 4.78 is 40.6. The Kier molecular flexibility index (Phi) is 7.98. The van der Waals surface area contributed by atoms with Crippen LogP contribution in [-0.2, 0) is 0 Å². The molecule has 2 N–H and O–H groups in total. The maximum atomic E-state index is 13.3. The molecule has 1 unspecified atom stereocenters. The predicted octanol–water partition coefficient (Wildman–Crippen LogP) is 2.75. The van der Waals surface area contributed by atoms with Gasteiger partial charge in [0.15, 0.2) is 0 Å².